The SMILES string of the molecule is CN(Cc1ccc(F)cc1)Cc1nc2cc(N)ccc2o1. The lowest BCUT2D eigenvalue weighted by molar-refractivity contribution is 0.285. The summed E-state index contributed by atoms with van der Waals surface area (Å²) in [6.45, 7) is 1.27. The van der Waals surface area contributed by atoms with Crippen LogP contribution in [0.2, 0.25) is 0 Å². The molecule has 4 nitrogen and oxygen atoms in total. The van der Waals surface area contributed by atoms with Crippen LogP contribution in [0.4, 0.5) is 10.1 Å². The van der Waals surface area contributed by atoms with E-state index in [9.17, 15) is 4.39 Å². The normalized spacial score (nSPS) is 11.4. The summed E-state index contributed by atoms with van der Waals surface area (Å²) < 4.78 is 18.6. The summed E-state index contributed by atoms with van der Waals surface area (Å²) in [5.74, 6) is 0.415. The van der Waals surface area contributed by atoms with Crippen molar-refractivity contribution in [2.75, 3.05) is 12.8 Å². The highest BCUT2D eigenvalue weighted by molar-refractivity contribution is 5.76. The molecule has 0 radical (unpaired) electrons. The minimum Gasteiger partial charge on any atom is -0.439 e. The molecular weight excluding hydrogens is 269 g/mol. The van der Waals surface area contributed by atoms with Crippen molar-refractivity contribution < 1.29 is 8.81 Å². The van der Waals surface area contributed by atoms with Gasteiger partial charge in [-0.15, -0.1) is 0 Å². The summed E-state index contributed by atoms with van der Waals surface area (Å²) in [5, 5.41) is 0. The first-order valence-electron chi connectivity index (χ1n) is 6.68. The first-order chi connectivity index (χ1) is 10.1. The molecule has 1 aromatic heterocycles. The maximum absolute atomic E-state index is 12.9. The van der Waals surface area contributed by atoms with Gasteiger partial charge in [0.1, 0.15) is 11.3 Å². The van der Waals surface area contributed by atoms with Gasteiger partial charge < -0.3 is 10.2 Å². The number of nitrogens with two attached hydrogens (primary N) is 1. The van der Waals surface area contributed by atoms with Crippen molar-refractivity contribution >= 4 is 16.8 Å². The molecule has 0 saturated carbocycles. The number of nitrogens with zero attached hydrogens (tertiary/aromatic N) is 2. The topological polar surface area (TPSA) is 55.3 Å². The predicted octanol–water partition coefficient (Wildman–Crippen LogP) is 3.18. The number of hydrogen-bond donors (Lipinski definition) is 1. The molecule has 0 fully saturated rings. The van der Waals surface area contributed by atoms with Crippen molar-refractivity contribution in [2.45, 2.75) is 13.1 Å². The smallest absolute Gasteiger partial charge is 0.209 e. The third kappa shape index (κ3) is 3.20. The zero-order chi connectivity index (χ0) is 14.8. The van der Waals surface area contributed by atoms with Gasteiger partial charge in [0.2, 0.25) is 5.89 Å². The van der Waals surface area contributed by atoms with Crippen LogP contribution in [-0.2, 0) is 13.1 Å². The van der Waals surface area contributed by atoms with E-state index >= 15 is 0 Å². The molecule has 0 spiro atoms. The van der Waals surface area contributed by atoms with Crippen LogP contribution in [0.3, 0.4) is 0 Å². The minimum absolute atomic E-state index is 0.224. The Bertz CT molecular complexity index is 752. The van der Waals surface area contributed by atoms with Crippen LogP contribution in [0.1, 0.15) is 11.5 Å². The molecule has 1 heterocycles. The Balaban J connectivity index is 1.70. The van der Waals surface area contributed by atoms with E-state index in [1.165, 1.54) is 12.1 Å². The van der Waals surface area contributed by atoms with Crippen LogP contribution >= 0.6 is 0 Å². The average Bonchev–Trinajstić information content (AvgIpc) is 2.82. The van der Waals surface area contributed by atoms with Crippen molar-refractivity contribution in [1.29, 1.82) is 0 Å². The molecule has 0 amide bonds. The van der Waals surface area contributed by atoms with Gasteiger partial charge in [0, 0.05) is 12.2 Å². The first-order valence-corrected chi connectivity index (χ1v) is 6.68. The highest BCUT2D eigenvalue weighted by Crippen LogP contribution is 2.19. The first kappa shape index (κ1) is 13.6. The third-order valence-electron chi connectivity index (χ3n) is 3.23. The van der Waals surface area contributed by atoms with Gasteiger partial charge in [0.25, 0.3) is 0 Å². The predicted molar refractivity (Wildman–Crippen MR) is 80.0 cm³/mol. The molecule has 2 N–H and O–H groups in total. The second-order valence-corrected chi connectivity index (χ2v) is 5.13. The number of hydrogen-bond acceptors (Lipinski definition) is 4. The lowest BCUT2D eigenvalue weighted by Crippen LogP contribution is -2.17. The molecule has 0 atom stereocenters. The molecule has 0 saturated heterocycles. The van der Waals surface area contributed by atoms with E-state index < -0.39 is 0 Å². The van der Waals surface area contributed by atoms with Crippen molar-refractivity contribution in [2.24, 2.45) is 0 Å². The molecule has 0 aliphatic carbocycles. The summed E-state index contributed by atoms with van der Waals surface area (Å²) in [6.07, 6.45) is 0. The van der Waals surface area contributed by atoms with E-state index in [1.807, 2.05) is 13.1 Å². The number of oxazole rings is 1. The van der Waals surface area contributed by atoms with Crippen molar-refractivity contribution in [3.63, 3.8) is 0 Å². The fourth-order valence-electron chi connectivity index (χ4n) is 2.25. The largest absolute Gasteiger partial charge is 0.439 e. The van der Waals surface area contributed by atoms with Gasteiger partial charge in [-0.3, -0.25) is 4.90 Å². The Kier molecular flexibility index (Phi) is 3.58. The van der Waals surface area contributed by atoms with E-state index in [0.717, 1.165) is 16.7 Å². The maximum atomic E-state index is 12.9. The minimum atomic E-state index is -0.224. The number of anilines is 1. The van der Waals surface area contributed by atoms with Gasteiger partial charge >= 0.3 is 0 Å². The Morgan fingerprint density at radius 3 is 2.67 bits per heavy atom. The summed E-state index contributed by atoms with van der Waals surface area (Å²) in [6, 6.07) is 11.9. The second-order valence-electron chi connectivity index (χ2n) is 5.13. The monoisotopic (exact) mass is 285 g/mol. The van der Waals surface area contributed by atoms with Crippen LogP contribution in [-0.4, -0.2) is 16.9 Å². The average molecular weight is 285 g/mol. The second kappa shape index (κ2) is 5.54. The zero-order valence-corrected chi connectivity index (χ0v) is 11.7. The number of fused-ring (bicyclic) bond motifs is 1. The summed E-state index contributed by atoms with van der Waals surface area (Å²) in [4.78, 5) is 6.48. The highest BCUT2D eigenvalue weighted by Gasteiger charge is 2.09. The quantitative estimate of drug-likeness (QED) is 0.748. The zero-order valence-electron chi connectivity index (χ0n) is 11.7. The molecule has 3 rings (SSSR count). The van der Waals surface area contributed by atoms with E-state index in [-0.39, 0.29) is 5.82 Å². The van der Waals surface area contributed by atoms with Gasteiger partial charge in [-0.25, -0.2) is 9.37 Å². The Morgan fingerprint density at radius 1 is 1.14 bits per heavy atom. The molecule has 108 valence electrons. The number of rotatable bonds is 4. The molecule has 0 aliphatic heterocycles. The third-order valence-corrected chi connectivity index (χ3v) is 3.23. The molecule has 2 aromatic carbocycles. The van der Waals surface area contributed by atoms with E-state index in [4.69, 9.17) is 10.2 Å². The molecule has 3 aromatic rings. The Hall–Kier alpha value is -2.40. The summed E-state index contributed by atoms with van der Waals surface area (Å²) in [7, 11) is 1.96. The standard InChI is InChI=1S/C16H16FN3O/c1-20(9-11-2-4-12(17)5-3-11)10-16-19-14-8-13(18)6-7-15(14)21-16/h2-8H,9-10,18H2,1H3. The van der Waals surface area contributed by atoms with E-state index in [2.05, 4.69) is 9.88 Å². The number of benzene rings is 2. The Labute approximate surface area is 122 Å². The number of halogens is 1. The van der Waals surface area contributed by atoms with Gasteiger partial charge in [-0.1, -0.05) is 12.1 Å². The fraction of sp³-hybridized carbons (Fsp3) is 0.188. The fourth-order valence-corrected chi connectivity index (χ4v) is 2.25. The molecule has 21 heavy (non-hydrogen) atoms. The summed E-state index contributed by atoms with van der Waals surface area (Å²) in [5.41, 5.74) is 8.93. The van der Waals surface area contributed by atoms with E-state index in [1.54, 1.807) is 24.3 Å². The number of aromatic nitrogens is 1. The van der Waals surface area contributed by atoms with Crippen LogP contribution in [0.15, 0.2) is 46.9 Å². The van der Waals surface area contributed by atoms with Crippen molar-refractivity contribution in [1.82, 2.24) is 9.88 Å². The van der Waals surface area contributed by atoms with Crippen LogP contribution in [0, 0.1) is 5.82 Å². The van der Waals surface area contributed by atoms with Crippen molar-refractivity contribution in [3.8, 4) is 0 Å². The van der Waals surface area contributed by atoms with Crippen LogP contribution in [0.5, 0.6) is 0 Å². The molecule has 5 heteroatoms. The summed E-state index contributed by atoms with van der Waals surface area (Å²) >= 11 is 0. The lowest BCUT2D eigenvalue weighted by atomic mass is 10.2. The van der Waals surface area contributed by atoms with Gasteiger partial charge in [-0.05, 0) is 42.9 Å². The van der Waals surface area contributed by atoms with Gasteiger partial charge in [0.05, 0.1) is 6.54 Å². The van der Waals surface area contributed by atoms with Crippen LogP contribution in [0.25, 0.3) is 11.1 Å². The Morgan fingerprint density at radius 2 is 1.90 bits per heavy atom. The molecular formula is C16H16FN3O. The van der Waals surface area contributed by atoms with Crippen LogP contribution < -0.4 is 5.73 Å². The highest BCUT2D eigenvalue weighted by atomic mass is 19.1. The molecule has 0 unspecified atom stereocenters. The molecule has 0 aliphatic rings. The van der Waals surface area contributed by atoms with Crippen molar-refractivity contribution in [3.05, 3.63) is 59.7 Å². The maximum Gasteiger partial charge on any atom is 0.209 e. The van der Waals surface area contributed by atoms with Gasteiger partial charge in [-0.2, -0.15) is 0 Å². The number of nitrogen functional groups attached to an aromatic ring is 1. The lowest BCUT2D eigenvalue weighted by Gasteiger charge is -2.14. The van der Waals surface area contributed by atoms with Gasteiger partial charge in [0.15, 0.2) is 5.58 Å². The van der Waals surface area contributed by atoms with E-state index in [0.29, 0.717) is 24.7 Å². The molecule has 0 bridgehead atoms.